The monoisotopic (exact) mass is 106 g/mol. The highest BCUT2D eigenvalue weighted by Crippen LogP contribution is 1.71. The Morgan fingerprint density at radius 3 is 2.67 bits per heavy atom. The first-order chi connectivity index (χ1) is 2.91. The summed E-state index contributed by atoms with van der Waals surface area (Å²) >= 11 is 5.20. The van der Waals surface area contributed by atoms with Crippen molar-refractivity contribution >= 4 is 11.6 Å². The number of hydrogen-bond acceptors (Lipinski definition) is 2. The summed E-state index contributed by atoms with van der Waals surface area (Å²) in [6.07, 6.45) is 3.29. The van der Waals surface area contributed by atoms with Gasteiger partial charge in [0.15, 0.2) is 0 Å². The van der Waals surface area contributed by atoms with Crippen LogP contribution in [0.3, 0.4) is 0 Å². The average molecular weight is 107 g/mol. The Kier molecular flexibility index (Phi) is 4.62. The number of rotatable bonds is 2. The third-order valence-electron chi connectivity index (χ3n) is 0.303. The van der Waals surface area contributed by atoms with Crippen LogP contribution in [0.5, 0.6) is 0 Å². The third-order valence-corrected chi connectivity index (χ3v) is 0.481. The molecule has 0 aliphatic heterocycles. The van der Waals surface area contributed by atoms with E-state index in [0.717, 1.165) is 0 Å². The quantitative estimate of drug-likeness (QED) is 0.300. The molecule has 0 amide bonds. The van der Waals surface area contributed by atoms with Crippen LogP contribution < -0.4 is 11.3 Å². The molecule has 3 heteroatoms. The van der Waals surface area contributed by atoms with Gasteiger partial charge in [0.1, 0.15) is 0 Å². The maximum Gasteiger partial charge on any atom is 0.0421 e. The van der Waals surface area contributed by atoms with Crippen LogP contribution in [0.25, 0.3) is 0 Å². The number of hydrazine groups is 1. The predicted octanol–water partition coefficient (Wildman–Crippen LogP) is 0.202. The summed E-state index contributed by atoms with van der Waals surface area (Å²) in [7, 11) is 0. The second-order valence-electron chi connectivity index (χ2n) is 0.723. The highest BCUT2D eigenvalue weighted by atomic mass is 35.5. The minimum atomic E-state index is 0.504. The van der Waals surface area contributed by atoms with Crippen molar-refractivity contribution < 1.29 is 0 Å². The number of alkyl halides is 1. The first-order valence-corrected chi connectivity index (χ1v) is 2.12. The number of allylic oxidation sites excluding steroid dienone is 1. The van der Waals surface area contributed by atoms with Crippen molar-refractivity contribution in [1.82, 2.24) is 5.43 Å². The zero-order valence-electron chi connectivity index (χ0n) is 3.32. The van der Waals surface area contributed by atoms with E-state index >= 15 is 0 Å². The van der Waals surface area contributed by atoms with Gasteiger partial charge in [-0.15, -0.1) is 11.6 Å². The minimum Gasteiger partial charge on any atom is -0.332 e. The molecule has 0 atom stereocenters. The van der Waals surface area contributed by atoms with Gasteiger partial charge in [0.2, 0.25) is 0 Å². The Balaban J connectivity index is 2.73. The van der Waals surface area contributed by atoms with E-state index in [9.17, 15) is 0 Å². The Morgan fingerprint density at radius 2 is 2.50 bits per heavy atom. The van der Waals surface area contributed by atoms with Crippen molar-refractivity contribution in [1.29, 1.82) is 0 Å². The molecular weight excluding hydrogens is 99.5 g/mol. The van der Waals surface area contributed by atoms with Gasteiger partial charge in [0.25, 0.3) is 0 Å². The molecule has 0 fully saturated rings. The zero-order valence-corrected chi connectivity index (χ0v) is 4.07. The molecule has 0 rings (SSSR count). The first-order valence-electron chi connectivity index (χ1n) is 1.59. The third kappa shape index (κ3) is 3.79. The maximum atomic E-state index is 5.20. The van der Waals surface area contributed by atoms with Crippen molar-refractivity contribution in [2.24, 2.45) is 5.84 Å². The van der Waals surface area contributed by atoms with Crippen LogP contribution >= 0.6 is 11.6 Å². The average Bonchev–Trinajstić information content (AvgIpc) is 1.61. The summed E-state index contributed by atoms with van der Waals surface area (Å²) in [4.78, 5) is 0. The molecule has 0 aromatic carbocycles. The van der Waals surface area contributed by atoms with Crippen molar-refractivity contribution in [3.05, 3.63) is 12.3 Å². The fraction of sp³-hybridized carbons (Fsp3) is 0.333. The summed E-state index contributed by atoms with van der Waals surface area (Å²) in [5.74, 6) is 5.32. The molecular formula is C3H7ClN2. The highest BCUT2D eigenvalue weighted by molar-refractivity contribution is 6.18. The lowest BCUT2D eigenvalue weighted by Gasteiger charge is -1.78. The van der Waals surface area contributed by atoms with Gasteiger partial charge in [0, 0.05) is 12.1 Å². The molecule has 0 spiro atoms. The number of halogens is 1. The van der Waals surface area contributed by atoms with Crippen LogP contribution in [0.4, 0.5) is 0 Å². The van der Waals surface area contributed by atoms with Gasteiger partial charge in [0.05, 0.1) is 0 Å². The molecule has 36 valence electrons. The zero-order chi connectivity index (χ0) is 4.83. The van der Waals surface area contributed by atoms with Gasteiger partial charge < -0.3 is 5.43 Å². The van der Waals surface area contributed by atoms with Crippen molar-refractivity contribution in [3.8, 4) is 0 Å². The number of nitrogens with two attached hydrogens (primary N) is 1. The molecule has 0 aliphatic rings. The van der Waals surface area contributed by atoms with Crippen molar-refractivity contribution in [2.45, 2.75) is 0 Å². The molecule has 0 saturated carbocycles. The second kappa shape index (κ2) is 4.79. The molecule has 0 aromatic rings. The topological polar surface area (TPSA) is 38.0 Å². The van der Waals surface area contributed by atoms with Crippen LogP contribution in [0, 0.1) is 0 Å². The number of hydrogen-bond donors (Lipinski definition) is 2. The Hall–Kier alpha value is -0.210. The summed E-state index contributed by atoms with van der Waals surface area (Å²) in [5.41, 5.74) is 2.30. The normalized spacial score (nSPS) is 9.67. The van der Waals surface area contributed by atoms with Crippen LogP contribution in [0.2, 0.25) is 0 Å². The van der Waals surface area contributed by atoms with E-state index < -0.39 is 0 Å². The van der Waals surface area contributed by atoms with E-state index in [2.05, 4.69) is 5.43 Å². The first kappa shape index (κ1) is 5.79. The Bertz CT molecular complexity index is 38.1. The van der Waals surface area contributed by atoms with Gasteiger partial charge in [-0.25, -0.2) is 0 Å². The van der Waals surface area contributed by atoms with Crippen LogP contribution in [0.1, 0.15) is 0 Å². The van der Waals surface area contributed by atoms with Crippen LogP contribution in [0.15, 0.2) is 12.3 Å². The van der Waals surface area contributed by atoms with E-state index in [1.807, 2.05) is 0 Å². The molecule has 6 heavy (non-hydrogen) atoms. The molecule has 0 radical (unpaired) electrons. The molecule has 0 aromatic heterocycles. The smallest absolute Gasteiger partial charge is 0.0421 e. The van der Waals surface area contributed by atoms with Crippen LogP contribution in [-0.4, -0.2) is 5.88 Å². The summed E-state index contributed by atoms with van der Waals surface area (Å²) in [6, 6.07) is 0. The lowest BCUT2D eigenvalue weighted by atomic mass is 10.7. The van der Waals surface area contributed by atoms with Gasteiger partial charge in [-0.1, -0.05) is 6.08 Å². The standard InChI is InChI=1S/C3H7ClN2/c4-2-1-3-6-5/h1,3,6H,2,5H2. The summed E-state index contributed by atoms with van der Waals surface area (Å²) in [5, 5.41) is 0. The SMILES string of the molecule is NNC=CCCl. The second-order valence-corrected chi connectivity index (χ2v) is 1.03. The van der Waals surface area contributed by atoms with E-state index in [-0.39, 0.29) is 0 Å². The maximum absolute atomic E-state index is 5.20. The Morgan fingerprint density at radius 1 is 1.83 bits per heavy atom. The molecule has 0 aliphatic carbocycles. The fourth-order valence-electron chi connectivity index (χ4n) is 0.113. The summed E-state index contributed by atoms with van der Waals surface area (Å²) < 4.78 is 0. The lowest BCUT2D eigenvalue weighted by Crippen LogP contribution is -2.12. The van der Waals surface area contributed by atoms with Crippen LogP contribution in [-0.2, 0) is 0 Å². The molecule has 0 saturated heterocycles. The number of nitrogens with one attached hydrogen (secondary N) is 1. The minimum absolute atomic E-state index is 0.504. The molecule has 2 nitrogen and oxygen atoms in total. The van der Waals surface area contributed by atoms with Gasteiger partial charge in [-0.2, -0.15) is 0 Å². The van der Waals surface area contributed by atoms with Gasteiger partial charge in [-0.05, 0) is 0 Å². The molecule has 0 bridgehead atoms. The molecule has 3 N–H and O–H groups in total. The Labute approximate surface area is 41.9 Å². The highest BCUT2D eigenvalue weighted by Gasteiger charge is 1.59. The van der Waals surface area contributed by atoms with Gasteiger partial charge >= 0.3 is 0 Å². The van der Waals surface area contributed by atoms with Crippen molar-refractivity contribution in [3.63, 3.8) is 0 Å². The van der Waals surface area contributed by atoms with Crippen molar-refractivity contribution in [2.75, 3.05) is 5.88 Å². The van der Waals surface area contributed by atoms with Gasteiger partial charge in [-0.3, -0.25) is 5.84 Å². The molecule has 0 heterocycles. The largest absolute Gasteiger partial charge is 0.332 e. The van der Waals surface area contributed by atoms with E-state index in [1.54, 1.807) is 12.3 Å². The van der Waals surface area contributed by atoms with E-state index in [0.29, 0.717) is 5.88 Å². The van der Waals surface area contributed by atoms with E-state index in [4.69, 9.17) is 17.4 Å². The molecule has 0 unspecified atom stereocenters. The fourth-order valence-corrected chi connectivity index (χ4v) is 0.202. The summed E-state index contributed by atoms with van der Waals surface area (Å²) in [6.45, 7) is 0. The lowest BCUT2D eigenvalue weighted by molar-refractivity contribution is 0.965. The van der Waals surface area contributed by atoms with E-state index in [1.165, 1.54) is 0 Å². The predicted molar refractivity (Wildman–Crippen MR) is 27.2 cm³/mol.